The average molecular weight is 259 g/mol. The van der Waals surface area contributed by atoms with Gasteiger partial charge in [0.25, 0.3) is 5.91 Å². The van der Waals surface area contributed by atoms with E-state index in [1.165, 1.54) is 18.3 Å². The lowest BCUT2D eigenvalue weighted by Gasteiger charge is -2.07. The molecule has 0 saturated heterocycles. The monoisotopic (exact) mass is 259 g/mol. The Balaban J connectivity index is 2.24. The van der Waals surface area contributed by atoms with Gasteiger partial charge in [-0.2, -0.15) is 0 Å². The van der Waals surface area contributed by atoms with Crippen LogP contribution < -0.4 is 5.32 Å². The van der Waals surface area contributed by atoms with Crippen LogP contribution in [0.2, 0.25) is 0 Å². The molecule has 2 rings (SSSR count). The van der Waals surface area contributed by atoms with Crippen LogP contribution in [0.1, 0.15) is 31.8 Å². The van der Waals surface area contributed by atoms with Crippen LogP contribution in [-0.2, 0) is 0 Å². The van der Waals surface area contributed by atoms with E-state index >= 15 is 0 Å². The summed E-state index contributed by atoms with van der Waals surface area (Å²) in [6, 6.07) is 10.7. The van der Waals surface area contributed by atoms with E-state index < -0.39 is 0 Å². The summed E-state index contributed by atoms with van der Waals surface area (Å²) in [5.74, 6) is -0.241. The van der Waals surface area contributed by atoms with Crippen molar-refractivity contribution in [1.29, 1.82) is 0 Å². The summed E-state index contributed by atoms with van der Waals surface area (Å²) in [6.45, 7) is 3.44. The Kier molecular flexibility index (Phi) is 3.58. The van der Waals surface area contributed by atoms with Crippen LogP contribution in [0.15, 0.2) is 36.4 Å². The van der Waals surface area contributed by atoms with Crippen molar-refractivity contribution < 1.29 is 9.59 Å². The molecule has 3 nitrogen and oxygen atoms in total. The zero-order valence-electron chi connectivity index (χ0n) is 10.2. The number of anilines is 1. The van der Waals surface area contributed by atoms with Crippen molar-refractivity contribution in [2.24, 2.45) is 0 Å². The van der Waals surface area contributed by atoms with E-state index in [0.29, 0.717) is 16.1 Å². The van der Waals surface area contributed by atoms with Gasteiger partial charge in [0, 0.05) is 10.4 Å². The molecule has 2 aromatic rings. The average Bonchev–Trinajstić information content (AvgIpc) is 2.76. The minimum absolute atomic E-state index is 0.0618. The molecular formula is C14H13NO2S. The normalized spacial score (nSPS) is 10.1. The molecule has 0 bridgehead atoms. The lowest BCUT2D eigenvalue weighted by atomic mass is 10.1. The van der Waals surface area contributed by atoms with Gasteiger partial charge < -0.3 is 5.32 Å². The minimum Gasteiger partial charge on any atom is -0.321 e. The Hall–Kier alpha value is -1.94. The van der Waals surface area contributed by atoms with Crippen LogP contribution in [0.3, 0.4) is 0 Å². The second-order valence-electron chi connectivity index (χ2n) is 3.97. The maximum atomic E-state index is 12.0. The predicted octanol–water partition coefficient (Wildman–Crippen LogP) is 3.51. The first-order valence-electron chi connectivity index (χ1n) is 5.55. The fourth-order valence-electron chi connectivity index (χ4n) is 1.64. The lowest BCUT2D eigenvalue weighted by Crippen LogP contribution is -2.12. The van der Waals surface area contributed by atoms with E-state index in [-0.39, 0.29) is 11.7 Å². The van der Waals surface area contributed by atoms with Crippen molar-refractivity contribution in [2.75, 3.05) is 5.32 Å². The first-order valence-corrected chi connectivity index (χ1v) is 6.37. The van der Waals surface area contributed by atoms with Gasteiger partial charge in [-0.05, 0) is 38.1 Å². The van der Waals surface area contributed by atoms with Crippen molar-refractivity contribution in [3.05, 3.63) is 51.7 Å². The third kappa shape index (κ3) is 2.65. The third-order valence-corrected chi connectivity index (χ3v) is 3.52. The van der Waals surface area contributed by atoms with E-state index in [2.05, 4.69) is 5.32 Å². The van der Waals surface area contributed by atoms with E-state index in [4.69, 9.17) is 0 Å². The molecule has 0 aliphatic heterocycles. The molecular weight excluding hydrogens is 246 g/mol. The van der Waals surface area contributed by atoms with Crippen LogP contribution in [0.4, 0.5) is 5.69 Å². The van der Waals surface area contributed by atoms with Gasteiger partial charge in [-0.15, -0.1) is 11.3 Å². The highest BCUT2D eigenvalue weighted by atomic mass is 32.1. The van der Waals surface area contributed by atoms with Gasteiger partial charge in [-0.3, -0.25) is 9.59 Å². The minimum atomic E-state index is -0.179. The summed E-state index contributed by atoms with van der Waals surface area (Å²) in [5, 5.41) is 2.77. The largest absolute Gasteiger partial charge is 0.321 e. The zero-order valence-corrected chi connectivity index (χ0v) is 11.0. The van der Waals surface area contributed by atoms with E-state index in [9.17, 15) is 9.59 Å². The molecule has 0 saturated carbocycles. The number of rotatable bonds is 3. The molecule has 1 aromatic heterocycles. The second kappa shape index (κ2) is 5.14. The Bertz CT molecular complexity index is 601. The first-order chi connectivity index (χ1) is 8.58. The summed E-state index contributed by atoms with van der Waals surface area (Å²) in [6.07, 6.45) is 0. The molecule has 1 amide bonds. The Labute approximate surface area is 109 Å². The third-order valence-electron chi connectivity index (χ3n) is 2.52. The molecule has 0 radical (unpaired) electrons. The molecule has 1 aromatic carbocycles. The van der Waals surface area contributed by atoms with Crippen molar-refractivity contribution >= 4 is 28.7 Å². The van der Waals surface area contributed by atoms with Crippen molar-refractivity contribution in [3.8, 4) is 0 Å². The van der Waals surface area contributed by atoms with E-state index in [1.807, 2.05) is 13.0 Å². The number of hydrogen-bond acceptors (Lipinski definition) is 3. The summed E-state index contributed by atoms with van der Waals surface area (Å²) in [4.78, 5) is 25.2. The highest BCUT2D eigenvalue weighted by Gasteiger charge is 2.12. The number of ketones is 1. The number of thiophene rings is 1. The number of hydrogen-bond donors (Lipinski definition) is 1. The molecule has 0 atom stereocenters. The van der Waals surface area contributed by atoms with Gasteiger partial charge in [0.05, 0.1) is 10.6 Å². The smallest absolute Gasteiger partial charge is 0.265 e. The molecule has 4 heteroatoms. The summed E-state index contributed by atoms with van der Waals surface area (Å²) < 4.78 is 0. The number of benzene rings is 1. The number of amides is 1. The highest BCUT2D eigenvalue weighted by molar-refractivity contribution is 7.14. The molecule has 0 fully saturated rings. The molecule has 18 heavy (non-hydrogen) atoms. The standard InChI is InChI=1S/C14H13NO2S/c1-9-7-8-13(18-9)14(17)15-12-6-4-3-5-11(12)10(2)16/h3-8H,1-2H3,(H,15,17). The maximum absolute atomic E-state index is 12.0. The number of Topliss-reactive ketones (excluding diaryl/α,β-unsaturated/α-hetero) is 1. The van der Waals surface area contributed by atoms with Gasteiger partial charge in [0.2, 0.25) is 0 Å². The molecule has 1 N–H and O–H groups in total. The summed E-state index contributed by atoms with van der Waals surface area (Å²) in [5.41, 5.74) is 1.08. The quantitative estimate of drug-likeness (QED) is 0.857. The Morgan fingerprint density at radius 2 is 1.83 bits per heavy atom. The van der Waals surface area contributed by atoms with Crippen LogP contribution in [0.5, 0.6) is 0 Å². The van der Waals surface area contributed by atoms with Crippen LogP contribution in [-0.4, -0.2) is 11.7 Å². The van der Waals surface area contributed by atoms with Gasteiger partial charge >= 0.3 is 0 Å². The molecule has 0 aliphatic carbocycles. The summed E-state index contributed by atoms with van der Waals surface area (Å²) >= 11 is 1.43. The van der Waals surface area contributed by atoms with Crippen molar-refractivity contribution in [3.63, 3.8) is 0 Å². The number of aryl methyl sites for hydroxylation is 1. The topological polar surface area (TPSA) is 46.2 Å². The SMILES string of the molecule is CC(=O)c1ccccc1NC(=O)c1ccc(C)s1. The predicted molar refractivity (Wildman–Crippen MR) is 73.5 cm³/mol. The zero-order chi connectivity index (χ0) is 13.1. The number of nitrogens with one attached hydrogen (secondary N) is 1. The van der Waals surface area contributed by atoms with E-state index in [0.717, 1.165) is 4.88 Å². The van der Waals surface area contributed by atoms with Crippen molar-refractivity contribution in [2.45, 2.75) is 13.8 Å². The molecule has 1 heterocycles. The molecule has 0 spiro atoms. The van der Waals surface area contributed by atoms with Crippen LogP contribution in [0.25, 0.3) is 0 Å². The van der Waals surface area contributed by atoms with Gasteiger partial charge in [0.1, 0.15) is 0 Å². The maximum Gasteiger partial charge on any atom is 0.265 e. The van der Waals surface area contributed by atoms with Gasteiger partial charge in [0.15, 0.2) is 5.78 Å². The fourth-order valence-corrected chi connectivity index (χ4v) is 2.40. The van der Waals surface area contributed by atoms with Crippen LogP contribution in [0, 0.1) is 6.92 Å². The Morgan fingerprint density at radius 1 is 1.11 bits per heavy atom. The lowest BCUT2D eigenvalue weighted by molar-refractivity contribution is 0.101. The fraction of sp³-hybridized carbons (Fsp3) is 0.143. The molecule has 0 aliphatic rings. The highest BCUT2D eigenvalue weighted by Crippen LogP contribution is 2.20. The molecule has 92 valence electrons. The summed E-state index contributed by atoms with van der Waals surface area (Å²) in [7, 11) is 0. The number of carbonyl (C=O) groups excluding carboxylic acids is 2. The number of carbonyl (C=O) groups is 2. The second-order valence-corrected chi connectivity index (χ2v) is 5.25. The van der Waals surface area contributed by atoms with Gasteiger partial charge in [-0.25, -0.2) is 0 Å². The van der Waals surface area contributed by atoms with Gasteiger partial charge in [-0.1, -0.05) is 12.1 Å². The number of para-hydroxylation sites is 1. The first kappa shape index (κ1) is 12.5. The molecule has 0 unspecified atom stereocenters. The van der Waals surface area contributed by atoms with Crippen molar-refractivity contribution in [1.82, 2.24) is 0 Å². The van der Waals surface area contributed by atoms with Crippen LogP contribution >= 0.6 is 11.3 Å². The Morgan fingerprint density at radius 3 is 2.44 bits per heavy atom. The van der Waals surface area contributed by atoms with E-state index in [1.54, 1.807) is 30.3 Å².